The molecule has 0 aliphatic rings. The van der Waals surface area contributed by atoms with Crippen LogP contribution in [0.5, 0.6) is 0 Å². The SMILES string of the molecule is Cc1ncc(C(=O)Nc2ccc(Cc3ccnc(-c4cnn(C)c4)c3)cn2)c(=O)n1C. The van der Waals surface area contributed by atoms with Gasteiger partial charge < -0.3 is 5.32 Å². The molecule has 0 bridgehead atoms. The number of nitrogens with one attached hydrogen (secondary N) is 1. The van der Waals surface area contributed by atoms with Gasteiger partial charge in [0.2, 0.25) is 0 Å². The summed E-state index contributed by atoms with van der Waals surface area (Å²) in [5.74, 6) is 0.359. The third kappa shape index (κ3) is 4.40. The van der Waals surface area contributed by atoms with Gasteiger partial charge in [0.1, 0.15) is 17.2 Å². The molecule has 4 aromatic rings. The van der Waals surface area contributed by atoms with Gasteiger partial charge in [0.25, 0.3) is 11.5 Å². The summed E-state index contributed by atoms with van der Waals surface area (Å²) in [6.07, 6.45) is 9.12. The lowest BCUT2D eigenvalue weighted by molar-refractivity contribution is 0.102. The molecule has 9 heteroatoms. The first-order chi connectivity index (χ1) is 14.9. The Morgan fingerprint density at radius 1 is 1.03 bits per heavy atom. The van der Waals surface area contributed by atoms with Crippen LogP contribution in [0, 0.1) is 6.92 Å². The quantitative estimate of drug-likeness (QED) is 0.535. The van der Waals surface area contributed by atoms with Crippen LogP contribution in [0.4, 0.5) is 5.82 Å². The summed E-state index contributed by atoms with van der Waals surface area (Å²) in [6.45, 7) is 1.70. The van der Waals surface area contributed by atoms with Crippen LogP contribution in [0.25, 0.3) is 11.3 Å². The van der Waals surface area contributed by atoms with Crippen LogP contribution in [-0.2, 0) is 20.5 Å². The minimum absolute atomic E-state index is 0.0290. The van der Waals surface area contributed by atoms with E-state index in [9.17, 15) is 9.59 Å². The van der Waals surface area contributed by atoms with E-state index >= 15 is 0 Å². The largest absolute Gasteiger partial charge is 0.306 e. The van der Waals surface area contributed by atoms with E-state index in [0.717, 1.165) is 22.4 Å². The van der Waals surface area contributed by atoms with Crippen molar-refractivity contribution in [3.05, 3.63) is 88.1 Å². The Hall–Kier alpha value is -4.14. The number of carbonyl (C=O) groups excluding carboxylic acids is 1. The second kappa shape index (κ2) is 8.31. The molecule has 1 N–H and O–H groups in total. The first-order valence-corrected chi connectivity index (χ1v) is 9.63. The summed E-state index contributed by atoms with van der Waals surface area (Å²) in [7, 11) is 3.44. The van der Waals surface area contributed by atoms with E-state index in [0.29, 0.717) is 18.1 Å². The van der Waals surface area contributed by atoms with Gasteiger partial charge in [-0.15, -0.1) is 0 Å². The molecule has 0 aromatic carbocycles. The highest BCUT2D eigenvalue weighted by Crippen LogP contribution is 2.19. The zero-order valence-electron chi connectivity index (χ0n) is 17.4. The average molecular weight is 415 g/mol. The molecule has 4 heterocycles. The topological polar surface area (TPSA) is 108 Å². The minimum Gasteiger partial charge on any atom is -0.306 e. The molecule has 0 radical (unpaired) electrons. The fraction of sp³-hybridized carbons (Fsp3) is 0.182. The number of rotatable bonds is 5. The predicted molar refractivity (Wildman–Crippen MR) is 116 cm³/mol. The van der Waals surface area contributed by atoms with Gasteiger partial charge in [0.15, 0.2) is 0 Å². The molecule has 9 nitrogen and oxygen atoms in total. The minimum atomic E-state index is -0.538. The third-order valence-corrected chi connectivity index (χ3v) is 4.95. The van der Waals surface area contributed by atoms with E-state index in [1.807, 2.05) is 31.4 Å². The molecule has 0 spiro atoms. The van der Waals surface area contributed by atoms with Crippen molar-refractivity contribution < 1.29 is 4.79 Å². The average Bonchev–Trinajstić information content (AvgIpc) is 3.20. The Morgan fingerprint density at radius 2 is 1.87 bits per heavy atom. The fourth-order valence-corrected chi connectivity index (χ4v) is 3.10. The van der Waals surface area contributed by atoms with Crippen LogP contribution < -0.4 is 10.9 Å². The van der Waals surface area contributed by atoms with Crippen LogP contribution in [0.15, 0.2) is 60.0 Å². The van der Waals surface area contributed by atoms with Crippen LogP contribution in [0.2, 0.25) is 0 Å². The molecule has 0 fully saturated rings. The Balaban J connectivity index is 1.46. The lowest BCUT2D eigenvalue weighted by Crippen LogP contribution is -2.29. The molecule has 156 valence electrons. The first kappa shape index (κ1) is 20.1. The van der Waals surface area contributed by atoms with Crippen molar-refractivity contribution in [2.75, 3.05) is 5.32 Å². The van der Waals surface area contributed by atoms with E-state index in [-0.39, 0.29) is 5.56 Å². The molecule has 0 atom stereocenters. The Kier molecular flexibility index (Phi) is 5.40. The number of amides is 1. The van der Waals surface area contributed by atoms with E-state index in [1.165, 1.54) is 10.8 Å². The maximum Gasteiger partial charge on any atom is 0.266 e. The molecule has 1 amide bonds. The van der Waals surface area contributed by atoms with Crippen LogP contribution in [0.3, 0.4) is 0 Å². The number of hydrogen-bond donors (Lipinski definition) is 1. The molecule has 4 rings (SSSR count). The number of nitrogens with zero attached hydrogens (tertiary/aromatic N) is 6. The number of hydrogen-bond acceptors (Lipinski definition) is 6. The molecule has 4 aromatic heterocycles. The maximum absolute atomic E-state index is 12.4. The first-order valence-electron chi connectivity index (χ1n) is 9.63. The molecule has 0 saturated heterocycles. The van der Waals surface area contributed by atoms with Gasteiger partial charge in [0.05, 0.1) is 11.9 Å². The van der Waals surface area contributed by atoms with E-state index in [2.05, 4.69) is 25.4 Å². The standard InChI is InChI=1S/C22H21N7O2/c1-14-24-12-18(22(31)29(14)3)21(30)27-20-5-4-16(10-25-20)8-15-6-7-23-19(9-15)17-11-26-28(2)13-17/h4-7,9-13H,8H2,1-3H3,(H,25,27,30). The van der Waals surface area contributed by atoms with Gasteiger partial charge in [-0.3, -0.25) is 23.8 Å². The van der Waals surface area contributed by atoms with Gasteiger partial charge in [-0.25, -0.2) is 9.97 Å². The Labute approximate surface area is 178 Å². The molecule has 31 heavy (non-hydrogen) atoms. The van der Waals surface area contributed by atoms with E-state index in [1.54, 1.807) is 43.3 Å². The number of anilines is 1. The van der Waals surface area contributed by atoms with Gasteiger partial charge in [-0.1, -0.05) is 6.07 Å². The van der Waals surface area contributed by atoms with Crippen molar-refractivity contribution in [2.24, 2.45) is 14.1 Å². The van der Waals surface area contributed by atoms with Crippen molar-refractivity contribution in [3.8, 4) is 11.3 Å². The second-order valence-electron chi connectivity index (χ2n) is 7.22. The summed E-state index contributed by atoms with van der Waals surface area (Å²) in [5, 5.41) is 6.83. The van der Waals surface area contributed by atoms with Crippen LogP contribution >= 0.6 is 0 Å². The zero-order valence-corrected chi connectivity index (χ0v) is 17.4. The zero-order chi connectivity index (χ0) is 22.0. The smallest absolute Gasteiger partial charge is 0.266 e. The van der Waals surface area contributed by atoms with Crippen molar-refractivity contribution in [2.45, 2.75) is 13.3 Å². The third-order valence-electron chi connectivity index (χ3n) is 4.95. The Bertz CT molecular complexity index is 1310. The normalized spacial score (nSPS) is 10.8. The number of aryl methyl sites for hydroxylation is 2. The van der Waals surface area contributed by atoms with Gasteiger partial charge in [0, 0.05) is 44.4 Å². The summed E-state index contributed by atoms with van der Waals surface area (Å²) >= 11 is 0. The predicted octanol–water partition coefficient (Wildman–Crippen LogP) is 2.12. The van der Waals surface area contributed by atoms with Gasteiger partial charge in [-0.2, -0.15) is 5.10 Å². The second-order valence-corrected chi connectivity index (χ2v) is 7.22. The van der Waals surface area contributed by atoms with Gasteiger partial charge >= 0.3 is 0 Å². The summed E-state index contributed by atoms with van der Waals surface area (Å²) in [5.41, 5.74) is 3.45. The van der Waals surface area contributed by atoms with Crippen molar-refractivity contribution in [3.63, 3.8) is 0 Å². The highest BCUT2D eigenvalue weighted by Gasteiger charge is 2.14. The molecule has 0 unspecified atom stereocenters. The van der Waals surface area contributed by atoms with E-state index < -0.39 is 11.5 Å². The summed E-state index contributed by atoms with van der Waals surface area (Å²) in [4.78, 5) is 37.4. The molecule has 0 saturated carbocycles. The fourth-order valence-electron chi connectivity index (χ4n) is 3.10. The lowest BCUT2D eigenvalue weighted by atomic mass is 10.1. The number of carbonyl (C=O) groups is 1. The monoisotopic (exact) mass is 415 g/mol. The molecule has 0 aliphatic heterocycles. The van der Waals surface area contributed by atoms with E-state index in [4.69, 9.17) is 0 Å². The lowest BCUT2D eigenvalue weighted by Gasteiger charge is -2.08. The van der Waals surface area contributed by atoms with Crippen molar-refractivity contribution in [1.29, 1.82) is 0 Å². The van der Waals surface area contributed by atoms with Gasteiger partial charge in [-0.05, 0) is 42.7 Å². The molecular weight excluding hydrogens is 394 g/mol. The van der Waals surface area contributed by atoms with Crippen LogP contribution in [-0.4, -0.2) is 35.2 Å². The molecular formula is C22H21N7O2. The Morgan fingerprint density at radius 3 is 2.58 bits per heavy atom. The molecule has 0 aliphatic carbocycles. The number of aromatic nitrogens is 6. The highest BCUT2D eigenvalue weighted by atomic mass is 16.2. The number of pyridine rings is 2. The highest BCUT2D eigenvalue weighted by molar-refractivity contribution is 6.03. The maximum atomic E-state index is 12.4. The van der Waals surface area contributed by atoms with Crippen molar-refractivity contribution >= 4 is 11.7 Å². The summed E-state index contributed by atoms with van der Waals surface area (Å²) in [6, 6.07) is 7.57. The summed E-state index contributed by atoms with van der Waals surface area (Å²) < 4.78 is 3.07. The van der Waals surface area contributed by atoms with Crippen LogP contribution in [0.1, 0.15) is 27.3 Å². The van der Waals surface area contributed by atoms with Crippen molar-refractivity contribution in [1.82, 2.24) is 29.3 Å².